The first-order valence-corrected chi connectivity index (χ1v) is 7.17. The minimum absolute atomic E-state index is 0.151. The Morgan fingerprint density at radius 3 is 2.63 bits per heavy atom. The van der Waals surface area contributed by atoms with Crippen LogP contribution in [0.5, 0.6) is 11.5 Å². The van der Waals surface area contributed by atoms with Gasteiger partial charge in [0.05, 0.1) is 25.4 Å². The van der Waals surface area contributed by atoms with E-state index in [1.807, 2.05) is 18.2 Å². The molecule has 2 aliphatic rings. The molecule has 19 heavy (non-hydrogen) atoms. The molecule has 1 fully saturated rings. The fraction of sp³-hybridized carbons (Fsp3) is 0.600. The number of ether oxygens (including phenoxy) is 2. The van der Waals surface area contributed by atoms with Gasteiger partial charge in [0.1, 0.15) is 0 Å². The molecule has 4 heteroatoms. The molecule has 0 radical (unpaired) electrons. The van der Waals surface area contributed by atoms with Gasteiger partial charge in [0.15, 0.2) is 11.5 Å². The van der Waals surface area contributed by atoms with Crippen molar-refractivity contribution in [3.05, 3.63) is 18.2 Å². The van der Waals surface area contributed by atoms with Gasteiger partial charge in [-0.2, -0.15) is 0 Å². The van der Waals surface area contributed by atoms with Crippen LogP contribution in [0.25, 0.3) is 0 Å². The highest BCUT2D eigenvalue weighted by Gasteiger charge is 2.23. The summed E-state index contributed by atoms with van der Waals surface area (Å²) in [6, 6.07) is 6.06. The highest BCUT2D eigenvalue weighted by atomic mass is 16.5. The van der Waals surface area contributed by atoms with E-state index in [0.29, 0.717) is 13.2 Å². The monoisotopic (exact) mass is 263 g/mol. The Morgan fingerprint density at radius 2 is 1.79 bits per heavy atom. The largest absolute Gasteiger partial charge is 0.490 e. The molecule has 4 nitrogen and oxygen atoms in total. The molecule has 1 saturated carbocycles. The van der Waals surface area contributed by atoms with Crippen molar-refractivity contribution in [2.75, 3.05) is 18.5 Å². The first-order valence-electron chi connectivity index (χ1n) is 7.17. The second-order valence-electron chi connectivity index (χ2n) is 5.31. The van der Waals surface area contributed by atoms with Crippen LogP contribution < -0.4 is 14.8 Å². The molecule has 0 amide bonds. The molecule has 2 N–H and O–H groups in total. The number of aliphatic hydroxyl groups excluding tert-OH is 1. The molecule has 0 saturated heterocycles. The van der Waals surface area contributed by atoms with E-state index in [4.69, 9.17) is 9.47 Å². The number of aliphatic hydroxyl groups is 1. The van der Waals surface area contributed by atoms with Crippen molar-refractivity contribution in [2.45, 2.75) is 44.2 Å². The molecular weight excluding hydrogens is 242 g/mol. The van der Waals surface area contributed by atoms with E-state index < -0.39 is 0 Å². The Morgan fingerprint density at radius 1 is 1.00 bits per heavy atom. The minimum Gasteiger partial charge on any atom is -0.490 e. The van der Waals surface area contributed by atoms with Crippen molar-refractivity contribution < 1.29 is 14.6 Å². The van der Waals surface area contributed by atoms with Crippen molar-refractivity contribution in [3.63, 3.8) is 0 Å². The van der Waals surface area contributed by atoms with Crippen LogP contribution in [0.1, 0.15) is 32.1 Å². The Hall–Kier alpha value is -1.42. The van der Waals surface area contributed by atoms with Gasteiger partial charge in [0.2, 0.25) is 0 Å². The van der Waals surface area contributed by atoms with Crippen LogP contribution in [0, 0.1) is 0 Å². The van der Waals surface area contributed by atoms with Gasteiger partial charge in [0.25, 0.3) is 0 Å². The molecule has 1 aliphatic carbocycles. The zero-order valence-electron chi connectivity index (χ0n) is 11.1. The number of hydrogen-bond acceptors (Lipinski definition) is 4. The lowest BCUT2D eigenvalue weighted by atomic mass is 9.92. The van der Waals surface area contributed by atoms with Crippen molar-refractivity contribution in [2.24, 2.45) is 0 Å². The van der Waals surface area contributed by atoms with Crippen LogP contribution in [-0.2, 0) is 0 Å². The number of hydrogen-bond donors (Lipinski definition) is 2. The molecule has 2 atom stereocenters. The third-order valence-electron chi connectivity index (χ3n) is 3.83. The minimum atomic E-state index is -0.246. The fourth-order valence-electron chi connectivity index (χ4n) is 2.75. The summed E-state index contributed by atoms with van der Waals surface area (Å²) < 4.78 is 11.3. The maximum Gasteiger partial charge on any atom is 0.163 e. The van der Waals surface area contributed by atoms with E-state index in [9.17, 15) is 5.11 Å². The molecule has 1 aliphatic heterocycles. The van der Waals surface area contributed by atoms with Crippen LogP contribution in [0.15, 0.2) is 18.2 Å². The topological polar surface area (TPSA) is 50.7 Å². The fourth-order valence-corrected chi connectivity index (χ4v) is 2.75. The quantitative estimate of drug-likeness (QED) is 0.861. The maximum atomic E-state index is 10.00. The van der Waals surface area contributed by atoms with Gasteiger partial charge in [-0.15, -0.1) is 0 Å². The zero-order chi connectivity index (χ0) is 13.1. The Balaban J connectivity index is 1.72. The lowest BCUT2D eigenvalue weighted by Gasteiger charge is -2.29. The summed E-state index contributed by atoms with van der Waals surface area (Å²) in [6.07, 6.45) is 4.89. The lowest BCUT2D eigenvalue weighted by molar-refractivity contribution is 0.116. The van der Waals surface area contributed by atoms with E-state index in [0.717, 1.165) is 42.9 Å². The normalized spacial score (nSPS) is 26.6. The predicted octanol–water partition coefficient (Wildman–Crippen LogP) is 2.56. The Labute approximate surface area is 113 Å². The molecule has 1 aromatic rings. The van der Waals surface area contributed by atoms with Crippen LogP contribution in [0.2, 0.25) is 0 Å². The maximum absolute atomic E-state index is 10.00. The van der Waals surface area contributed by atoms with Gasteiger partial charge in [-0.3, -0.25) is 0 Å². The second kappa shape index (κ2) is 5.70. The summed E-state index contributed by atoms with van der Waals surface area (Å²) in [4.78, 5) is 0. The number of fused-ring (bicyclic) bond motifs is 1. The summed E-state index contributed by atoms with van der Waals surface area (Å²) in [6.45, 7) is 1.41. The molecule has 0 aromatic heterocycles. The van der Waals surface area contributed by atoms with E-state index in [1.54, 1.807) is 0 Å². The Kier molecular flexibility index (Phi) is 3.78. The molecule has 0 unspecified atom stereocenters. The predicted molar refractivity (Wildman–Crippen MR) is 73.9 cm³/mol. The van der Waals surface area contributed by atoms with Crippen molar-refractivity contribution in [1.29, 1.82) is 0 Å². The van der Waals surface area contributed by atoms with Crippen LogP contribution in [-0.4, -0.2) is 30.5 Å². The summed E-state index contributed by atoms with van der Waals surface area (Å²) in [7, 11) is 0. The van der Waals surface area contributed by atoms with Crippen LogP contribution in [0.4, 0.5) is 5.69 Å². The highest BCUT2D eigenvalue weighted by Crippen LogP contribution is 2.33. The number of benzene rings is 1. The van der Waals surface area contributed by atoms with Gasteiger partial charge < -0.3 is 19.9 Å². The van der Waals surface area contributed by atoms with Gasteiger partial charge in [-0.1, -0.05) is 12.8 Å². The van der Waals surface area contributed by atoms with Gasteiger partial charge in [-0.25, -0.2) is 0 Å². The van der Waals surface area contributed by atoms with Crippen molar-refractivity contribution >= 4 is 5.69 Å². The summed E-state index contributed by atoms with van der Waals surface area (Å²) in [5, 5.41) is 13.4. The van der Waals surface area contributed by atoms with Crippen LogP contribution in [0.3, 0.4) is 0 Å². The average Bonchev–Trinajstić information content (AvgIpc) is 2.66. The SMILES string of the molecule is O[C@H]1CCCC[C@@H]1Nc1ccc2c(c1)OCCCO2. The molecule has 0 spiro atoms. The number of anilines is 1. The molecule has 1 heterocycles. The van der Waals surface area contributed by atoms with Gasteiger partial charge in [-0.05, 0) is 25.0 Å². The smallest absolute Gasteiger partial charge is 0.163 e. The summed E-state index contributed by atoms with van der Waals surface area (Å²) in [5.74, 6) is 1.61. The lowest BCUT2D eigenvalue weighted by Crippen LogP contribution is -2.36. The zero-order valence-corrected chi connectivity index (χ0v) is 11.1. The van der Waals surface area contributed by atoms with Crippen molar-refractivity contribution in [1.82, 2.24) is 0 Å². The van der Waals surface area contributed by atoms with E-state index >= 15 is 0 Å². The molecule has 3 rings (SSSR count). The van der Waals surface area contributed by atoms with E-state index in [-0.39, 0.29) is 12.1 Å². The number of rotatable bonds is 2. The average molecular weight is 263 g/mol. The molecule has 1 aromatic carbocycles. The third kappa shape index (κ3) is 2.95. The summed E-state index contributed by atoms with van der Waals surface area (Å²) in [5.41, 5.74) is 0.996. The first-order chi connectivity index (χ1) is 9.33. The summed E-state index contributed by atoms with van der Waals surface area (Å²) >= 11 is 0. The van der Waals surface area contributed by atoms with Crippen molar-refractivity contribution in [3.8, 4) is 11.5 Å². The standard InChI is InChI=1S/C15H21NO3/c17-13-5-2-1-4-12(13)16-11-6-7-14-15(10-11)19-9-3-8-18-14/h6-7,10,12-13,16-17H,1-5,8-9H2/t12-,13-/m0/s1. The third-order valence-corrected chi connectivity index (χ3v) is 3.83. The van der Waals surface area contributed by atoms with Gasteiger partial charge in [0, 0.05) is 18.2 Å². The molecule has 0 bridgehead atoms. The molecule has 104 valence electrons. The second-order valence-corrected chi connectivity index (χ2v) is 5.31. The van der Waals surface area contributed by atoms with Crippen LogP contribution >= 0.6 is 0 Å². The first kappa shape index (κ1) is 12.6. The van der Waals surface area contributed by atoms with E-state index in [2.05, 4.69) is 5.32 Å². The highest BCUT2D eigenvalue weighted by molar-refractivity contribution is 5.55. The number of nitrogens with one attached hydrogen (secondary N) is 1. The van der Waals surface area contributed by atoms with Gasteiger partial charge >= 0.3 is 0 Å². The Bertz CT molecular complexity index is 435. The molecular formula is C15H21NO3. The van der Waals surface area contributed by atoms with E-state index in [1.165, 1.54) is 6.42 Å².